The average molecular weight is 205 g/mol. The third kappa shape index (κ3) is 3.66. The Kier molecular flexibility index (Phi) is 3.35. The molecule has 0 spiro atoms. The van der Waals surface area contributed by atoms with Gasteiger partial charge in [-0.05, 0) is 17.7 Å². The third-order valence-electron chi connectivity index (χ3n) is 1.65. The van der Waals surface area contributed by atoms with Gasteiger partial charge in [0.1, 0.15) is 5.75 Å². The molecule has 78 valence electrons. The van der Waals surface area contributed by atoms with Gasteiger partial charge in [-0.25, -0.2) is 5.32 Å². The number of rotatable bonds is 3. The summed E-state index contributed by atoms with van der Waals surface area (Å²) < 4.78 is 40.1. The van der Waals surface area contributed by atoms with E-state index in [0.717, 1.165) is 0 Å². The summed E-state index contributed by atoms with van der Waals surface area (Å²) in [4.78, 5) is 0. The molecule has 0 aromatic heterocycles. The summed E-state index contributed by atoms with van der Waals surface area (Å²) >= 11 is 0. The van der Waals surface area contributed by atoms with Crippen LogP contribution >= 0.6 is 0 Å². The maximum absolute atomic E-state index is 11.8. The lowest BCUT2D eigenvalue weighted by molar-refractivity contribution is -0.158. The molecule has 1 aromatic rings. The van der Waals surface area contributed by atoms with Crippen LogP contribution in [-0.4, -0.2) is 13.4 Å². The summed E-state index contributed by atoms with van der Waals surface area (Å²) in [5.74, 6) is 0.626. The molecule has 14 heavy (non-hydrogen) atoms. The Morgan fingerprint density at radius 2 is 1.79 bits per heavy atom. The van der Waals surface area contributed by atoms with Crippen molar-refractivity contribution in [3.05, 3.63) is 29.8 Å². The summed E-state index contributed by atoms with van der Waals surface area (Å²) in [6.45, 7) is -0.229. The largest absolute Gasteiger partial charge is 0.497 e. The SMILES string of the molecule is COc1ccc(CNC(F)(F)F)cc1. The molecule has 0 saturated heterocycles. The monoisotopic (exact) mass is 205 g/mol. The van der Waals surface area contributed by atoms with Gasteiger partial charge in [0.15, 0.2) is 0 Å². The van der Waals surface area contributed by atoms with E-state index in [-0.39, 0.29) is 6.54 Å². The summed E-state index contributed by atoms with van der Waals surface area (Å²) in [5, 5.41) is 1.43. The van der Waals surface area contributed by atoms with Crippen LogP contribution in [0.25, 0.3) is 0 Å². The van der Waals surface area contributed by atoms with E-state index in [1.807, 2.05) is 0 Å². The topological polar surface area (TPSA) is 21.3 Å². The molecule has 1 aromatic carbocycles. The van der Waals surface area contributed by atoms with Crippen molar-refractivity contribution in [2.45, 2.75) is 12.8 Å². The number of ether oxygens (including phenoxy) is 1. The maximum atomic E-state index is 11.8. The zero-order valence-electron chi connectivity index (χ0n) is 7.56. The molecule has 1 N–H and O–H groups in total. The van der Waals surface area contributed by atoms with E-state index in [2.05, 4.69) is 0 Å². The first-order valence-corrected chi connectivity index (χ1v) is 3.96. The second kappa shape index (κ2) is 4.32. The number of halogens is 3. The second-order valence-corrected chi connectivity index (χ2v) is 2.70. The minimum atomic E-state index is -4.33. The highest BCUT2D eigenvalue weighted by Gasteiger charge is 2.25. The minimum absolute atomic E-state index is 0.229. The van der Waals surface area contributed by atoms with Crippen LogP contribution in [0.2, 0.25) is 0 Å². The normalized spacial score (nSPS) is 11.4. The van der Waals surface area contributed by atoms with E-state index in [4.69, 9.17) is 4.74 Å². The molecule has 5 heteroatoms. The van der Waals surface area contributed by atoms with Crippen molar-refractivity contribution in [3.8, 4) is 5.75 Å². The van der Waals surface area contributed by atoms with Gasteiger partial charge >= 0.3 is 6.30 Å². The van der Waals surface area contributed by atoms with Crippen molar-refractivity contribution < 1.29 is 17.9 Å². The molecule has 0 amide bonds. The first-order chi connectivity index (χ1) is 6.51. The smallest absolute Gasteiger partial charge is 0.457 e. The quantitative estimate of drug-likeness (QED) is 0.764. The van der Waals surface area contributed by atoms with Gasteiger partial charge in [0.2, 0.25) is 0 Å². The average Bonchev–Trinajstić information content (AvgIpc) is 2.14. The molecule has 2 nitrogen and oxygen atoms in total. The molecular formula is C9H10F3NO. The molecule has 0 aliphatic rings. The second-order valence-electron chi connectivity index (χ2n) is 2.70. The minimum Gasteiger partial charge on any atom is -0.497 e. The lowest BCUT2D eigenvalue weighted by atomic mass is 10.2. The van der Waals surface area contributed by atoms with Gasteiger partial charge < -0.3 is 4.74 Å². The van der Waals surface area contributed by atoms with Crippen LogP contribution in [0.3, 0.4) is 0 Å². The zero-order chi connectivity index (χ0) is 10.6. The maximum Gasteiger partial charge on any atom is 0.457 e. The lowest BCUT2D eigenvalue weighted by Crippen LogP contribution is -2.30. The number of methoxy groups -OCH3 is 1. The van der Waals surface area contributed by atoms with Crippen LogP contribution in [0.15, 0.2) is 24.3 Å². The van der Waals surface area contributed by atoms with Crippen molar-refractivity contribution in [2.24, 2.45) is 0 Å². The zero-order valence-corrected chi connectivity index (χ0v) is 7.56. The Bertz CT molecular complexity index is 281. The number of hydrogen-bond donors (Lipinski definition) is 1. The molecule has 0 bridgehead atoms. The molecular weight excluding hydrogens is 195 g/mol. The van der Waals surface area contributed by atoms with Gasteiger partial charge in [-0.2, -0.15) is 13.2 Å². The van der Waals surface area contributed by atoms with E-state index >= 15 is 0 Å². The standard InChI is InChI=1S/C9H10F3NO/c1-14-8-4-2-7(3-5-8)6-13-9(10,11)12/h2-5,13H,6H2,1H3. The van der Waals surface area contributed by atoms with Gasteiger partial charge in [-0.1, -0.05) is 12.1 Å². The molecule has 1 rings (SSSR count). The van der Waals surface area contributed by atoms with Crippen LogP contribution in [0.1, 0.15) is 5.56 Å². The van der Waals surface area contributed by atoms with Gasteiger partial charge in [0, 0.05) is 6.54 Å². The van der Waals surface area contributed by atoms with Gasteiger partial charge in [-0.3, -0.25) is 0 Å². The Labute approximate surface area is 79.7 Å². The van der Waals surface area contributed by atoms with Crippen LogP contribution in [0.5, 0.6) is 5.75 Å². The summed E-state index contributed by atoms with van der Waals surface area (Å²) in [7, 11) is 1.50. The van der Waals surface area contributed by atoms with Gasteiger partial charge in [-0.15, -0.1) is 0 Å². The Balaban J connectivity index is 2.52. The van der Waals surface area contributed by atoms with Crippen molar-refractivity contribution in [1.29, 1.82) is 0 Å². The molecule has 0 atom stereocenters. The molecule has 0 fully saturated rings. The summed E-state index contributed by atoms with van der Waals surface area (Å²) in [6.07, 6.45) is -4.33. The highest BCUT2D eigenvalue weighted by molar-refractivity contribution is 5.26. The van der Waals surface area contributed by atoms with Crippen LogP contribution in [0.4, 0.5) is 13.2 Å². The molecule has 0 saturated carbocycles. The summed E-state index contributed by atoms with van der Waals surface area (Å²) in [5.41, 5.74) is 0.558. The molecule has 0 unspecified atom stereocenters. The highest BCUT2D eigenvalue weighted by Crippen LogP contribution is 2.14. The van der Waals surface area contributed by atoms with Gasteiger partial charge in [0.25, 0.3) is 0 Å². The fourth-order valence-electron chi connectivity index (χ4n) is 0.946. The van der Waals surface area contributed by atoms with E-state index in [1.165, 1.54) is 12.4 Å². The van der Waals surface area contributed by atoms with Crippen molar-refractivity contribution in [1.82, 2.24) is 5.32 Å². The molecule has 0 radical (unpaired) electrons. The number of nitrogens with one attached hydrogen (secondary N) is 1. The van der Waals surface area contributed by atoms with Crippen LogP contribution < -0.4 is 10.1 Å². The molecule has 0 heterocycles. The van der Waals surface area contributed by atoms with E-state index in [0.29, 0.717) is 11.3 Å². The lowest BCUT2D eigenvalue weighted by Gasteiger charge is -2.08. The van der Waals surface area contributed by atoms with E-state index in [9.17, 15) is 13.2 Å². The number of hydrogen-bond acceptors (Lipinski definition) is 2. The Hall–Kier alpha value is -1.23. The number of alkyl halides is 3. The Morgan fingerprint density at radius 1 is 1.21 bits per heavy atom. The molecule has 0 aliphatic carbocycles. The fourth-order valence-corrected chi connectivity index (χ4v) is 0.946. The van der Waals surface area contributed by atoms with Crippen LogP contribution in [0, 0.1) is 0 Å². The first kappa shape index (κ1) is 10.8. The van der Waals surface area contributed by atoms with Gasteiger partial charge in [0.05, 0.1) is 7.11 Å². The van der Waals surface area contributed by atoms with E-state index in [1.54, 1.807) is 24.3 Å². The van der Waals surface area contributed by atoms with Crippen molar-refractivity contribution >= 4 is 0 Å². The Morgan fingerprint density at radius 3 is 2.21 bits per heavy atom. The number of benzene rings is 1. The predicted molar refractivity (Wildman–Crippen MR) is 45.9 cm³/mol. The fraction of sp³-hybridized carbons (Fsp3) is 0.333. The molecule has 0 aliphatic heterocycles. The highest BCUT2D eigenvalue weighted by atomic mass is 19.4. The van der Waals surface area contributed by atoms with Crippen molar-refractivity contribution in [2.75, 3.05) is 7.11 Å². The first-order valence-electron chi connectivity index (χ1n) is 3.96. The predicted octanol–water partition coefficient (Wildman–Crippen LogP) is 2.30. The summed E-state index contributed by atoms with van der Waals surface area (Å²) in [6, 6.07) is 6.40. The third-order valence-corrected chi connectivity index (χ3v) is 1.65. The van der Waals surface area contributed by atoms with E-state index < -0.39 is 6.30 Å². The van der Waals surface area contributed by atoms with Crippen LogP contribution in [-0.2, 0) is 6.54 Å². The van der Waals surface area contributed by atoms with Crippen molar-refractivity contribution in [3.63, 3.8) is 0 Å².